The largest absolute Gasteiger partial charge is 0.332 e. The van der Waals surface area contributed by atoms with E-state index in [0.717, 1.165) is 38.8 Å². The molecule has 21 heavy (non-hydrogen) atoms. The van der Waals surface area contributed by atoms with E-state index in [2.05, 4.69) is 5.32 Å². The Morgan fingerprint density at radius 2 is 2.00 bits per heavy atom. The predicted molar refractivity (Wildman–Crippen MR) is 80.7 cm³/mol. The van der Waals surface area contributed by atoms with E-state index in [0.29, 0.717) is 18.5 Å². The number of piperazine rings is 1. The molecule has 3 atom stereocenters. The van der Waals surface area contributed by atoms with Crippen molar-refractivity contribution in [2.24, 2.45) is 5.92 Å². The molecule has 2 heterocycles. The Morgan fingerprint density at radius 1 is 1.14 bits per heavy atom. The maximum absolute atomic E-state index is 12.6. The molecule has 5 nitrogen and oxygen atoms in total. The van der Waals surface area contributed by atoms with Crippen LogP contribution in [-0.2, 0) is 9.59 Å². The average molecular weight is 293 g/mol. The van der Waals surface area contributed by atoms with Crippen molar-refractivity contribution in [2.45, 2.75) is 57.0 Å². The van der Waals surface area contributed by atoms with Crippen LogP contribution in [0.3, 0.4) is 0 Å². The van der Waals surface area contributed by atoms with E-state index >= 15 is 0 Å². The summed E-state index contributed by atoms with van der Waals surface area (Å²) in [7, 11) is 2.03. The topological polar surface area (TPSA) is 52.7 Å². The zero-order valence-corrected chi connectivity index (χ0v) is 13.0. The highest BCUT2D eigenvalue weighted by Gasteiger charge is 2.40. The number of carbonyl (C=O) groups excluding carboxylic acids is 2. The fraction of sp³-hybridized carbons (Fsp3) is 0.875. The summed E-state index contributed by atoms with van der Waals surface area (Å²) in [5, 5.41) is 3.39. The van der Waals surface area contributed by atoms with Gasteiger partial charge >= 0.3 is 0 Å². The molecule has 0 radical (unpaired) electrons. The second-order valence-electron chi connectivity index (χ2n) is 6.73. The normalized spacial score (nSPS) is 33.5. The number of piperidine rings is 1. The lowest BCUT2D eigenvalue weighted by molar-refractivity contribution is -0.157. The summed E-state index contributed by atoms with van der Waals surface area (Å²) < 4.78 is 0. The Hall–Kier alpha value is -1.10. The van der Waals surface area contributed by atoms with Gasteiger partial charge in [0.1, 0.15) is 6.04 Å². The highest BCUT2D eigenvalue weighted by Crippen LogP contribution is 2.29. The smallest absolute Gasteiger partial charge is 0.245 e. The summed E-state index contributed by atoms with van der Waals surface area (Å²) in [6, 6.07) is 0.426. The molecule has 2 amide bonds. The lowest BCUT2D eigenvalue weighted by Gasteiger charge is -2.43. The van der Waals surface area contributed by atoms with Gasteiger partial charge in [-0.2, -0.15) is 0 Å². The number of nitrogens with one attached hydrogen (secondary N) is 1. The van der Waals surface area contributed by atoms with Crippen LogP contribution < -0.4 is 5.32 Å². The molecule has 2 aliphatic heterocycles. The van der Waals surface area contributed by atoms with Crippen LogP contribution in [0.25, 0.3) is 0 Å². The number of carbonyl (C=O) groups is 2. The standard InChI is InChI=1S/C16H27N3O2/c1-17-13-6-4-5-12(13)8-10-18-11-15(20)19-9-3-2-7-14(19)16(18)21/h12-14,17H,2-11H2,1H3. The van der Waals surface area contributed by atoms with Crippen LogP contribution in [-0.4, -0.2) is 60.4 Å². The minimum absolute atomic E-state index is 0.149. The molecular formula is C16H27N3O2. The monoisotopic (exact) mass is 293 g/mol. The van der Waals surface area contributed by atoms with E-state index in [1.165, 1.54) is 19.3 Å². The van der Waals surface area contributed by atoms with Gasteiger partial charge in [-0.1, -0.05) is 6.42 Å². The molecule has 3 unspecified atom stereocenters. The summed E-state index contributed by atoms with van der Waals surface area (Å²) in [6.07, 6.45) is 7.75. The molecule has 5 heteroatoms. The van der Waals surface area contributed by atoms with Gasteiger partial charge in [-0.05, 0) is 51.5 Å². The van der Waals surface area contributed by atoms with Gasteiger partial charge in [-0.3, -0.25) is 9.59 Å². The summed E-state index contributed by atoms with van der Waals surface area (Å²) in [4.78, 5) is 28.4. The molecule has 0 aromatic heterocycles. The predicted octanol–water partition coefficient (Wildman–Crippen LogP) is 0.988. The highest BCUT2D eigenvalue weighted by atomic mass is 16.2. The van der Waals surface area contributed by atoms with Crippen LogP contribution in [0, 0.1) is 5.92 Å². The summed E-state index contributed by atoms with van der Waals surface area (Å²) in [5.74, 6) is 0.992. The van der Waals surface area contributed by atoms with Gasteiger partial charge < -0.3 is 15.1 Å². The lowest BCUT2D eigenvalue weighted by atomic mass is 9.96. The summed E-state index contributed by atoms with van der Waals surface area (Å²) in [6.45, 7) is 1.82. The maximum atomic E-state index is 12.6. The Kier molecular flexibility index (Phi) is 4.48. The molecule has 1 N–H and O–H groups in total. The Labute approximate surface area is 127 Å². The molecule has 3 fully saturated rings. The van der Waals surface area contributed by atoms with Gasteiger partial charge in [-0.25, -0.2) is 0 Å². The molecule has 1 aliphatic carbocycles. The molecule has 2 saturated heterocycles. The Morgan fingerprint density at radius 3 is 2.81 bits per heavy atom. The zero-order valence-electron chi connectivity index (χ0n) is 13.0. The number of hydrogen-bond donors (Lipinski definition) is 1. The Bertz CT molecular complexity index is 412. The van der Waals surface area contributed by atoms with Crippen LogP contribution >= 0.6 is 0 Å². The quantitative estimate of drug-likeness (QED) is 0.841. The van der Waals surface area contributed by atoms with E-state index in [9.17, 15) is 9.59 Å². The first-order valence-corrected chi connectivity index (χ1v) is 8.46. The van der Waals surface area contributed by atoms with Crippen molar-refractivity contribution < 1.29 is 9.59 Å². The van der Waals surface area contributed by atoms with Crippen molar-refractivity contribution in [3.05, 3.63) is 0 Å². The third-order valence-corrected chi connectivity index (χ3v) is 5.55. The second-order valence-corrected chi connectivity index (χ2v) is 6.73. The van der Waals surface area contributed by atoms with Crippen LogP contribution in [0.5, 0.6) is 0 Å². The first kappa shape index (κ1) is 14.8. The fourth-order valence-electron chi connectivity index (χ4n) is 4.30. The number of rotatable bonds is 4. The molecule has 1 saturated carbocycles. The van der Waals surface area contributed by atoms with Crippen molar-refractivity contribution in [1.29, 1.82) is 0 Å². The molecule has 0 aromatic rings. The van der Waals surface area contributed by atoms with Gasteiger partial charge in [0.05, 0.1) is 6.54 Å². The van der Waals surface area contributed by atoms with Crippen molar-refractivity contribution in [1.82, 2.24) is 15.1 Å². The number of nitrogens with zero attached hydrogens (tertiary/aromatic N) is 2. The third-order valence-electron chi connectivity index (χ3n) is 5.55. The van der Waals surface area contributed by atoms with Crippen molar-refractivity contribution >= 4 is 11.8 Å². The summed E-state index contributed by atoms with van der Waals surface area (Å²) >= 11 is 0. The van der Waals surface area contributed by atoms with Crippen LogP contribution in [0.4, 0.5) is 0 Å². The molecule has 0 spiro atoms. The van der Waals surface area contributed by atoms with Gasteiger partial charge in [0.15, 0.2) is 0 Å². The molecule has 0 aromatic carbocycles. The van der Waals surface area contributed by atoms with E-state index in [-0.39, 0.29) is 17.9 Å². The minimum Gasteiger partial charge on any atom is -0.332 e. The molecule has 0 bridgehead atoms. The second kappa shape index (κ2) is 6.34. The number of hydrogen-bond acceptors (Lipinski definition) is 3. The van der Waals surface area contributed by atoms with Gasteiger partial charge in [0.25, 0.3) is 0 Å². The van der Waals surface area contributed by atoms with Crippen LogP contribution in [0.1, 0.15) is 44.9 Å². The third kappa shape index (κ3) is 2.93. The fourth-order valence-corrected chi connectivity index (χ4v) is 4.30. The SMILES string of the molecule is CNC1CCCC1CCN1CC(=O)N2CCCCC2C1=O. The van der Waals surface area contributed by atoms with Gasteiger partial charge in [0.2, 0.25) is 11.8 Å². The van der Waals surface area contributed by atoms with Crippen molar-refractivity contribution in [3.8, 4) is 0 Å². The zero-order chi connectivity index (χ0) is 14.8. The van der Waals surface area contributed by atoms with Crippen LogP contribution in [0.2, 0.25) is 0 Å². The number of fused-ring (bicyclic) bond motifs is 1. The first-order valence-electron chi connectivity index (χ1n) is 8.46. The van der Waals surface area contributed by atoms with E-state index < -0.39 is 0 Å². The van der Waals surface area contributed by atoms with E-state index in [1.807, 2.05) is 16.8 Å². The molecule has 3 rings (SSSR count). The molecular weight excluding hydrogens is 266 g/mol. The molecule has 118 valence electrons. The summed E-state index contributed by atoms with van der Waals surface area (Å²) in [5.41, 5.74) is 0. The van der Waals surface area contributed by atoms with Crippen molar-refractivity contribution in [3.63, 3.8) is 0 Å². The maximum Gasteiger partial charge on any atom is 0.245 e. The van der Waals surface area contributed by atoms with Crippen LogP contribution in [0.15, 0.2) is 0 Å². The van der Waals surface area contributed by atoms with E-state index in [1.54, 1.807) is 0 Å². The van der Waals surface area contributed by atoms with Crippen molar-refractivity contribution in [2.75, 3.05) is 26.7 Å². The molecule has 3 aliphatic rings. The van der Waals surface area contributed by atoms with E-state index in [4.69, 9.17) is 0 Å². The number of amides is 2. The lowest BCUT2D eigenvalue weighted by Crippen LogP contribution is -2.61. The van der Waals surface area contributed by atoms with Gasteiger partial charge in [-0.15, -0.1) is 0 Å². The highest BCUT2D eigenvalue weighted by molar-refractivity contribution is 5.95. The first-order chi connectivity index (χ1) is 10.2. The Balaban J connectivity index is 1.58. The average Bonchev–Trinajstić information content (AvgIpc) is 2.97. The minimum atomic E-state index is -0.163. The van der Waals surface area contributed by atoms with Gasteiger partial charge in [0, 0.05) is 19.1 Å².